The molecule has 2 aromatic rings. The predicted octanol–water partition coefficient (Wildman–Crippen LogP) is 2.33. The Hall–Kier alpha value is -1.89. The van der Waals surface area contributed by atoms with Crippen LogP contribution in [-0.4, -0.2) is 46.4 Å². The number of methoxy groups -OCH3 is 2. The van der Waals surface area contributed by atoms with Crippen LogP contribution in [0.25, 0.3) is 11.0 Å². The highest BCUT2D eigenvalue weighted by Gasteiger charge is 2.33. The zero-order valence-electron chi connectivity index (χ0n) is 14.9. The Balaban J connectivity index is 1.78. The number of rotatable bonds is 7. The highest BCUT2D eigenvalue weighted by molar-refractivity contribution is 5.99. The van der Waals surface area contributed by atoms with Gasteiger partial charge in [0, 0.05) is 37.1 Å². The van der Waals surface area contributed by atoms with Gasteiger partial charge < -0.3 is 24.5 Å². The van der Waals surface area contributed by atoms with Crippen LogP contribution in [0.4, 0.5) is 0 Å². The maximum atomic E-state index is 12.8. The standard InChI is InChI=1S/C19H26N2O4/c1-23-11-15-14-5-3-4-6-16(14)25-17(15)18(22)21-12-19(13-24-2)7-9-20-10-8-19/h3-6,20H,7-13H2,1-2H3,(H,21,22). The van der Waals surface area contributed by atoms with E-state index in [2.05, 4.69) is 10.6 Å². The highest BCUT2D eigenvalue weighted by atomic mass is 16.5. The molecule has 3 rings (SSSR count). The Morgan fingerprint density at radius 3 is 2.72 bits per heavy atom. The van der Waals surface area contributed by atoms with Gasteiger partial charge in [0.25, 0.3) is 5.91 Å². The number of ether oxygens (including phenoxy) is 2. The third-order valence-electron chi connectivity index (χ3n) is 4.93. The van der Waals surface area contributed by atoms with Crippen LogP contribution in [0.1, 0.15) is 29.0 Å². The third kappa shape index (κ3) is 3.86. The minimum Gasteiger partial charge on any atom is -0.451 e. The van der Waals surface area contributed by atoms with Gasteiger partial charge in [-0.25, -0.2) is 0 Å². The van der Waals surface area contributed by atoms with Crippen molar-refractivity contribution in [1.82, 2.24) is 10.6 Å². The fourth-order valence-corrected chi connectivity index (χ4v) is 3.55. The van der Waals surface area contributed by atoms with Gasteiger partial charge in [-0.1, -0.05) is 18.2 Å². The molecular formula is C19H26N2O4. The Kier molecular flexibility index (Phi) is 5.73. The summed E-state index contributed by atoms with van der Waals surface area (Å²) in [7, 11) is 3.33. The first kappa shape index (κ1) is 17.9. The molecule has 2 N–H and O–H groups in total. The largest absolute Gasteiger partial charge is 0.451 e. The molecule has 0 bridgehead atoms. The van der Waals surface area contributed by atoms with Crippen LogP contribution in [0.5, 0.6) is 0 Å². The maximum absolute atomic E-state index is 12.8. The van der Waals surface area contributed by atoms with Crippen LogP contribution in [-0.2, 0) is 16.1 Å². The molecular weight excluding hydrogens is 320 g/mol. The molecule has 6 heteroatoms. The van der Waals surface area contributed by atoms with Crippen LogP contribution in [0.2, 0.25) is 0 Å². The van der Waals surface area contributed by atoms with Gasteiger partial charge in [-0.2, -0.15) is 0 Å². The summed E-state index contributed by atoms with van der Waals surface area (Å²) in [5.74, 6) is 0.141. The Morgan fingerprint density at radius 1 is 1.24 bits per heavy atom. The first-order chi connectivity index (χ1) is 12.2. The molecule has 1 aromatic heterocycles. The highest BCUT2D eigenvalue weighted by Crippen LogP contribution is 2.30. The van der Waals surface area contributed by atoms with E-state index in [1.165, 1.54) is 0 Å². The number of hydrogen-bond acceptors (Lipinski definition) is 5. The van der Waals surface area contributed by atoms with Gasteiger partial charge in [-0.3, -0.25) is 4.79 Å². The molecule has 1 aliphatic rings. The number of furan rings is 1. The Labute approximate surface area is 147 Å². The van der Waals surface area contributed by atoms with Crippen LogP contribution in [0.3, 0.4) is 0 Å². The lowest BCUT2D eigenvalue weighted by atomic mass is 9.79. The van der Waals surface area contributed by atoms with E-state index in [0.717, 1.165) is 36.9 Å². The molecule has 1 aromatic carbocycles. The van der Waals surface area contributed by atoms with Crippen molar-refractivity contribution in [1.29, 1.82) is 0 Å². The number of hydrogen-bond donors (Lipinski definition) is 2. The molecule has 25 heavy (non-hydrogen) atoms. The molecule has 0 spiro atoms. The van der Waals surface area contributed by atoms with Gasteiger partial charge >= 0.3 is 0 Å². The van der Waals surface area contributed by atoms with Gasteiger partial charge in [0.1, 0.15) is 5.58 Å². The minimum atomic E-state index is -0.197. The zero-order valence-corrected chi connectivity index (χ0v) is 14.9. The van der Waals surface area contributed by atoms with E-state index >= 15 is 0 Å². The topological polar surface area (TPSA) is 72.7 Å². The summed E-state index contributed by atoms with van der Waals surface area (Å²) in [4.78, 5) is 12.8. The van der Waals surface area contributed by atoms with Gasteiger partial charge in [0.2, 0.25) is 0 Å². The van der Waals surface area contributed by atoms with Crippen molar-refractivity contribution in [3.05, 3.63) is 35.6 Å². The molecule has 136 valence electrons. The van der Waals surface area contributed by atoms with Gasteiger partial charge in [-0.15, -0.1) is 0 Å². The van der Waals surface area contributed by atoms with E-state index in [9.17, 15) is 4.79 Å². The average Bonchev–Trinajstić information content (AvgIpc) is 3.00. The number of benzene rings is 1. The van der Waals surface area contributed by atoms with Crippen LogP contribution in [0, 0.1) is 5.41 Å². The third-order valence-corrected chi connectivity index (χ3v) is 4.93. The fraction of sp³-hybridized carbons (Fsp3) is 0.526. The van der Waals surface area contributed by atoms with Crippen molar-refractivity contribution in [2.45, 2.75) is 19.4 Å². The zero-order chi connectivity index (χ0) is 17.7. The smallest absolute Gasteiger partial charge is 0.287 e. The number of fused-ring (bicyclic) bond motifs is 1. The first-order valence-electron chi connectivity index (χ1n) is 8.66. The summed E-state index contributed by atoms with van der Waals surface area (Å²) in [5, 5.41) is 7.33. The van der Waals surface area contributed by atoms with Crippen molar-refractivity contribution in [2.75, 3.05) is 40.5 Å². The number of piperidine rings is 1. The summed E-state index contributed by atoms with van der Waals surface area (Å²) >= 11 is 0. The number of carbonyl (C=O) groups excluding carboxylic acids is 1. The van der Waals surface area contributed by atoms with E-state index < -0.39 is 0 Å². The van der Waals surface area contributed by atoms with Crippen molar-refractivity contribution in [3.63, 3.8) is 0 Å². The molecule has 0 saturated carbocycles. The number of carbonyl (C=O) groups is 1. The average molecular weight is 346 g/mol. The fourth-order valence-electron chi connectivity index (χ4n) is 3.55. The molecule has 0 unspecified atom stereocenters. The molecule has 0 radical (unpaired) electrons. The SMILES string of the molecule is COCc1c(C(=O)NCC2(COC)CCNCC2)oc2ccccc12. The second-order valence-corrected chi connectivity index (χ2v) is 6.70. The monoisotopic (exact) mass is 346 g/mol. The van der Waals surface area contributed by atoms with Crippen molar-refractivity contribution in [2.24, 2.45) is 5.41 Å². The molecule has 1 aliphatic heterocycles. The van der Waals surface area contributed by atoms with Gasteiger partial charge in [0.15, 0.2) is 5.76 Å². The lowest BCUT2D eigenvalue weighted by molar-refractivity contribution is 0.0505. The number of amides is 1. The quantitative estimate of drug-likeness (QED) is 0.805. The molecule has 0 atom stereocenters. The summed E-state index contributed by atoms with van der Waals surface area (Å²) < 4.78 is 16.5. The van der Waals surface area contributed by atoms with Crippen LogP contribution >= 0.6 is 0 Å². The molecule has 6 nitrogen and oxygen atoms in total. The number of para-hydroxylation sites is 1. The summed E-state index contributed by atoms with van der Waals surface area (Å²) in [6, 6.07) is 7.64. The summed E-state index contributed by atoms with van der Waals surface area (Å²) in [6.07, 6.45) is 1.96. The van der Waals surface area contributed by atoms with E-state index in [4.69, 9.17) is 13.9 Å². The Bertz CT molecular complexity index is 714. The maximum Gasteiger partial charge on any atom is 0.287 e. The van der Waals surface area contributed by atoms with Crippen LogP contribution < -0.4 is 10.6 Å². The van der Waals surface area contributed by atoms with E-state index in [1.54, 1.807) is 14.2 Å². The van der Waals surface area contributed by atoms with E-state index in [1.807, 2.05) is 24.3 Å². The predicted molar refractivity (Wildman–Crippen MR) is 95.7 cm³/mol. The van der Waals surface area contributed by atoms with Gasteiger partial charge in [0.05, 0.1) is 13.2 Å². The molecule has 0 aliphatic carbocycles. The van der Waals surface area contributed by atoms with E-state index in [-0.39, 0.29) is 11.3 Å². The molecule has 1 amide bonds. The summed E-state index contributed by atoms with van der Waals surface area (Å²) in [6.45, 7) is 3.44. The normalized spacial score (nSPS) is 16.9. The molecule has 2 heterocycles. The lowest BCUT2D eigenvalue weighted by Crippen LogP contribution is -2.47. The lowest BCUT2D eigenvalue weighted by Gasteiger charge is -2.37. The molecule has 1 saturated heterocycles. The van der Waals surface area contributed by atoms with Crippen molar-refractivity contribution in [3.8, 4) is 0 Å². The summed E-state index contributed by atoms with van der Waals surface area (Å²) in [5.41, 5.74) is 1.47. The van der Waals surface area contributed by atoms with Gasteiger partial charge in [-0.05, 0) is 32.0 Å². The number of nitrogens with one attached hydrogen (secondary N) is 2. The van der Waals surface area contributed by atoms with Crippen molar-refractivity contribution < 1.29 is 18.7 Å². The van der Waals surface area contributed by atoms with Crippen LogP contribution in [0.15, 0.2) is 28.7 Å². The minimum absolute atomic E-state index is 0.0247. The van der Waals surface area contributed by atoms with Crippen molar-refractivity contribution >= 4 is 16.9 Å². The Morgan fingerprint density at radius 2 is 2.00 bits per heavy atom. The van der Waals surface area contributed by atoms with E-state index in [0.29, 0.717) is 31.1 Å². The second-order valence-electron chi connectivity index (χ2n) is 6.70. The first-order valence-corrected chi connectivity index (χ1v) is 8.66. The molecule has 1 fully saturated rings. The second kappa shape index (κ2) is 7.99.